The van der Waals surface area contributed by atoms with E-state index in [-0.39, 0.29) is 17.5 Å². The van der Waals surface area contributed by atoms with E-state index in [0.717, 1.165) is 6.07 Å². The van der Waals surface area contributed by atoms with Gasteiger partial charge in [-0.3, -0.25) is 14.9 Å². The third kappa shape index (κ3) is 3.17. The lowest BCUT2D eigenvalue weighted by Crippen LogP contribution is -2.17. The number of nitriles is 1. The van der Waals surface area contributed by atoms with Gasteiger partial charge in [0.25, 0.3) is 0 Å². The lowest BCUT2D eigenvalue weighted by molar-refractivity contribution is -0.386. The van der Waals surface area contributed by atoms with Crippen molar-refractivity contribution >= 4 is 11.7 Å². The molecule has 8 heteroatoms. The minimum Gasteiger partial charge on any atom is -0.502 e. The Morgan fingerprint density at radius 1 is 1.68 bits per heavy atom. The number of esters is 1. The number of hydrogen-bond acceptors (Lipinski definition) is 7. The third-order valence-electron chi connectivity index (χ3n) is 2.46. The van der Waals surface area contributed by atoms with Crippen molar-refractivity contribution in [2.45, 2.75) is 12.5 Å². The number of nitro benzene ring substituents is 1. The highest BCUT2D eigenvalue weighted by atomic mass is 16.6. The van der Waals surface area contributed by atoms with E-state index in [1.807, 2.05) is 0 Å². The van der Waals surface area contributed by atoms with E-state index in [4.69, 9.17) is 11.0 Å². The van der Waals surface area contributed by atoms with Gasteiger partial charge >= 0.3 is 11.7 Å². The van der Waals surface area contributed by atoms with Gasteiger partial charge in [0.15, 0.2) is 5.75 Å². The summed E-state index contributed by atoms with van der Waals surface area (Å²) in [6.07, 6.45) is -0.268. The number of carbonyl (C=O) groups is 1. The Morgan fingerprint density at radius 3 is 2.79 bits per heavy atom. The summed E-state index contributed by atoms with van der Waals surface area (Å²) in [4.78, 5) is 21.0. The molecule has 0 bridgehead atoms. The number of rotatable bonds is 4. The molecule has 0 spiro atoms. The van der Waals surface area contributed by atoms with E-state index in [1.165, 1.54) is 13.2 Å². The first kappa shape index (κ1) is 14.4. The molecule has 0 heterocycles. The fourth-order valence-corrected chi connectivity index (χ4v) is 1.50. The van der Waals surface area contributed by atoms with Crippen LogP contribution < -0.4 is 5.73 Å². The predicted molar refractivity (Wildman–Crippen MR) is 63.0 cm³/mol. The van der Waals surface area contributed by atoms with Crippen LogP contribution in [0.1, 0.15) is 23.6 Å². The first-order valence-corrected chi connectivity index (χ1v) is 5.14. The van der Waals surface area contributed by atoms with E-state index in [2.05, 4.69) is 4.74 Å². The molecule has 0 aliphatic rings. The van der Waals surface area contributed by atoms with Crippen LogP contribution in [0.4, 0.5) is 5.69 Å². The summed E-state index contributed by atoms with van der Waals surface area (Å²) in [7, 11) is 1.17. The van der Waals surface area contributed by atoms with Gasteiger partial charge < -0.3 is 15.6 Å². The van der Waals surface area contributed by atoms with Crippen LogP contribution in [0.3, 0.4) is 0 Å². The molecule has 0 radical (unpaired) electrons. The predicted octanol–water partition coefficient (Wildman–Crippen LogP) is 0.735. The van der Waals surface area contributed by atoms with Crippen molar-refractivity contribution in [3.05, 3.63) is 33.4 Å². The van der Waals surface area contributed by atoms with Crippen molar-refractivity contribution in [2.75, 3.05) is 7.11 Å². The molecular weight excluding hydrogens is 254 g/mol. The summed E-state index contributed by atoms with van der Waals surface area (Å²) >= 11 is 0. The summed E-state index contributed by atoms with van der Waals surface area (Å²) in [5, 5.41) is 29.3. The van der Waals surface area contributed by atoms with Gasteiger partial charge in [-0.1, -0.05) is 0 Å². The van der Waals surface area contributed by atoms with Crippen molar-refractivity contribution in [2.24, 2.45) is 5.73 Å². The van der Waals surface area contributed by atoms with Gasteiger partial charge in [-0.15, -0.1) is 0 Å². The zero-order valence-corrected chi connectivity index (χ0v) is 9.99. The molecule has 0 amide bonds. The van der Waals surface area contributed by atoms with Crippen molar-refractivity contribution in [1.29, 1.82) is 5.26 Å². The maximum absolute atomic E-state index is 11.1. The van der Waals surface area contributed by atoms with Crippen LogP contribution in [0.2, 0.25) is 0 Å². The molecule has 1 aromatic carbocycles. The lowest BCUT2D eigenvalue weighted by Gasteiger charge is -2.12. The molecule has 100 valence electrons. The number of carbonyl (C=O) groups excluding carboxylic acids is 1. The summed E-state index contributed by atoms with van der Waals surface area (Å²) in [6, 6.07) is 2.86. The van der Waals surface area contributed by atoms with Gasteiger partial charge in [-0.2, -0.15) is 5.26 Å². The highest BCUT2D eigenvalue weighted by Crippen LogP contribution is 2.35. The number of phenols is 1. The van der Waals surface area contributed by atoms with E-state index in [9.17, 15) is 20.0 Å². The van der Waals surface area contributed by atoms with E-state index in [1.54, 1.807) is 6.07 Å². The number of methoxy groups -OCH3 is 1. The summed E-state index contributed by atoms with van der Waals surface area (Å²) in [6.45, 7) is 0. The number of benzene rings is 1. The van der Waals surface area contributed by atoms with Gasteiger partial charge in [0.2, 0.25) is 0 Å². The SMILES string of the molecule is COC(=O)C[C@@H](N)c1cc(C#N)cc([N+](=O)[O-])c1O. The monoisotopic (exact) mass is 265 g/mol. The zero-order chi connectivity index (χ0) is 14.6. The average Bonchev–Trinajstić information content (AvgIpc) is 2.38. The molecule has 1 atom stereocenters. The Bertz CT molecular complexity index is 564. The minimum absolute atomic E-state index is 0.0279. The van der Waals surface area contributed by atoms with Crippen molar-refractivity contribution in [3.63, 3.8) is 0 Å². The minimum atomic E-state index is -1.00. The first-order chi connectivity index (χ1) is 8.90. The second-order valence-corrected chi connectivity index (χ2v) is 3.69. The van der Waals surface area contributed by atoms with E-state index < -0.39 is 28.4 Å². The molecule has 1 rings (SSSR count). The third-order valence-corrected chi connectivity index (χ3v) is 2.46. The zero-order valence-electron chi connectivity index (χ0n) is 9.99. The maximum atomic E-state index is 11.1. The van der Waals surface area contributed by atoms with Gasteiger partial charge in [-0.25, -0.2) is 0 Å². The molecule has 0 aromatic heterocycles. The maximum Gasteiger partial charge on any atom is 0.312 e. The van der Waals surface area contributed by atoms with Crippen molar-refractivity contribution in [3.8, 4) is 11.8 Å². The van der Waals surface area contributed by atoms with Gasteiger partial charge in [0.05, 0.1) is 30.1 Å². The number of ether oxygens (including phenoxy) is 1. The number of hydrogen-bond donors (Lipinski definition) is 2. The smallest absolute Gasteiger partial charge is 0.312 e. The van der Waals surface area contributed by atoms with Crippen molar-refractivity contribution in [1.82, 2.24) is 0 Å². The van der Waals surface area contributed by atoms with Crippen LogP contribution in [0.15, 0.2) is 12.1 Å². The molecule has 0 saturated carbocycles. The second kappa shape index (κ2) is 5.79. The Kier molecular flexibility index (Phi) is 4.39. The van der Waals surface area contributed by atoms with Gasteiger partial charge in [-0.05, 0) is 6.07 Å². The van der Waals surface area contributed by atoms with Crippen LogP contribution in [0.5, 0.6) is 5.75 Å². The highest BCUT2D eigenvalue weighted by Gasteiger charge is 2.24. The second-order valence-electron chi connectivity index (χ2n) is 3.69. The quantitative estimate of drug-likeness (QED) is 0.464. The van der Waals surface area contributed by atoms with E-state index >= 15 is 0 Å². The Labute approximate surface area is 108 Å². The van der Waals surface area contributed by atoms with Gasteiger partial charge in [0, 0.05) is 17.7 Å². The number of phenolic OH excluding ortho intramolecular Hbond substituents is 1. The molecule has 0 unspecified atom stereocenters. The fourth-order valence-electron chi connectivity index (χ4n) is 1.50. The average molecular weight is 265 g/mol. The molecule has 0 fully saturated rings. The van der Waals surface area contributed by atoms with Crippen LogP contribution in [-0.4, -0.2) is 23.1 Å². The molecule has 19 heavy (non-hydrogen) atoms. The van der Waals surface area contributed by atoms with Gasteiger partial charge in [0.1, 0.15) is 0 Å². The Balaban J connectivity index is 3.27. The van der Waals surface area contributed by atoms with Crippen LogP contribution in [-0.2, 0) is 9.53 Å². The van der Waals surface area contributed by atoms with Crippen LogP contribution >= 0.6 is 0 Å². The first-order valence-electron chi connectivity index (χ1n) is 5.14. The van der Waals surface area contributed by atoms with E-state index in [0.29, 0.717) is 0 Å². The molecule has 1 aromatic rings. The van der Waals surface area contributed by atoms with Crippen LogP contribution in [0, 0.1) is 21.4 Å². The number of nitro groups is 1. The summed E-state index contributed by atoms with van der Waals surface area (Å²) in [5.41, 5.74) is 4.97. The van der Waals surface area contributed by atoms with Crippen molar-refractivity contribution < 1.29 is 19.6 Å². The lowest BCUT2D eigenvalue weighted by atomic mass is 10.00. The fraction of sp³-hybridized carbons (Fsp3) is 0.273. The number of nitrogens with zero attached hydrogens (tertiary/aromatic N) is 2. The molecule has 0 aliphatic carbocycles. The molecule has 3 N–H and O–H groups in total. The summed E-state index contributed by atoms with van der Waals surface area (Å²) < 4.78 is 4.42. The largest absolute Gasteiger partial charge is 0.502 e. The topological polar surface area (TPSA) is 139 Å². The highest BCUT2D eigenvalue weighted by molar-refractivity contribution is 5.71. The summed E-state index contributed by atoms with van der Waals surface area (Å²) in [5.74, 6) is -1.28. The number of aromatic hydroxyl groups is 1. The normalized spacial score (nSPS) is 11.4. The van der Waals surface area contributed by atoms with Crippen LogP contribution in [0.25, 0.3) is 0 Å². The number of nitrogens with two attached hydrogens (primary N) is 1. The molecule has 8 nitrogen and oxygen atoms in total. The molecule has 0 saturated heterocycles. The Morgan fingerprint density at radius 2 is 2.32 bits per heavy atom. The Hall–Kier alpha value is -2.66. The molecule has 0 aliphatic heterocycles. The standard InChI is InChI=1S/C11H11N3O5/c1-19-10(15)4-8(13)7-2-6(5-12)3-9(11(7)16)14(17)18/h2-3,8,16H,4,13H2,1H3/t8-/m1/s1. The molecular formula is C11H11N3O5.